The van der Waals surface area contributed by atoms with Crippen LogP contribution in [-0.2, 0) is 37.9 Å². The fraction of sp³-hybridized carbons (Fsp3) is 1.00. The Hall–Kier alpha value is -0.320. The van der Waals surface area contributed by atoms with Gasteiger partial charge in [-0.1, -0.05) is 73.3 Å². The second-order valence-corrected chi connectivity index (χ2v) is 7.57. The van der Waals surface area contributed by atoms with E-state index < -0.39 is 0 Å². The molecular formula is C31H78O8. The predicted molar refractivity (Wildman–Crippen MR) is 173 cm³/mol. The van der Waals surface area contributed by atoms with Crippen molar-refractivity contribution >= 4 is 0 Å². The summed E-state index contributed by atoms with van der Waals surface area (Å²) in [5.41, 5.74) is 0. The number of epoxide rings is 5. The van der Waals surface area contributed by atoms with E-state index in [0.717, 1.165) is 72.7 Å². The summed E-state index contributed by atoms with van der Waals surface area (Å²) < 4.78 is 39.5. The van der Waals surface area contributed by atoms with Gasteiger partial charge >= 0.3 is 0 Å². The quantitative estimate of drug-likeness (QED) is 0.228. The molecule has 8 nitrogen and oxygen atoms in total. The van der Waals surface area contributed by atoms with Crippen molar-refractivity contribution in [2.75, 3.05) is 72.7 Å². The van der Waals surface area contributed by atoms with Crippen LogP contribution in [0.15, 0.2) is 0 Å². The van der Waals surface area contributed by atoms with Crippen molar-refractivity contribution in [3.63, 3.8) is 0 Å². The third-order valence-corrected chi connectivity index (χ3v) is 4.45. The maximum atomic E-state index is 5.03. The first kappa shape index (κ1) is 58.3. The summed E-state index contributed by atoms with van der Waals surface area (Å²) in [5.74, 6) is 0. The van der Waals surface area contributed by atoms with Crippen molar-refractivity contribution in [3.8, 4) is 0 Å². The summed E-state index contributed by atoms with van der Waals surface area (Å²) in [4.78, 5) is 0. The molecule has 0 bridgehead atoms. The number of hydrogen-bond donors (Lipinski definition) is 0. The molecular weight excluding hydrogens is 500 g/mol. The van der Waals surface area contributed by atoms with Gasteiger partial charge in [-0.25, -0.2) is 0 Å². The largest absolute Gasteiger partial charge is 0.379 e. The topological polar surface area (TPSA) is 90.3 Å². The van der Waals surface area contributed by atoms with Gasteiger partial charge in [0.15, 0.2) is 0 Å². The molecule has 0 N–H and O–H groups in total. The molecule has 5 aliphatic rings. The summed E-state index contributed by atoms with van der Waals surface area (Å²) in [6.45, 7) is 19.7. The van der Waals surface area contributed by atoms with Crippen LogP contribution >= 0.6 is 0 Å². The number of rotatable bonds is 11. The first-order valence-corrected chi connectivity index (χ1v) is 12.0. The molecule has 0 amide bonds. The Balaban J connectivity index is -0.0000000491. The van der Waals surface area contributed by atoms with Gasteiger partial charge < -0.3 is 37.9 Å². The highest BCUT2D eigenvalue weighted by Crippen LogP contribution is 2.11. The highest BCUT2D eigenvalue weighted by molar-refractivity contribution is 4.67. The summed E-state index contributed by atoms with van der Waals surface area (Å²) in [6, 6.07) is 0. The zero-order valence-electron chi connectivity index (χ0n) is 20.3. The van der Waals surface area contributed by atoms with E-state index in [-0.39, 0.29) is 59.4 Å². The Labute approximate surface area is 248 Å². The van der Waals surface area contributed by atoms with Crippen molar-refractivity contribution in [2.24, 2.45) is 0 Å². The third kappa shape index (κ3) is 51.0. The molecule has 0 radical (unpaired) electrons. The first-order valence-electron chi connectivity index (χ1n) is 12.0. The number of ether oxygens (including phenoxy) is 8. The van der Waals surface area contributed by atoms with Crippen molar-refractivity contribution in [2.45, 2.75) is 137 Å². The first-order chi connectivity index (χ1) is 15.2. The minimum Gasteiger partial charge on any atom is -0.379 e. The van der Waals surface area contributed by atoms with E-state index in [1.54, 1.807) is 0 Å². The van der Waals surface area contributed by atoms with Crippen LogP contribution in [0.1, 0.15) is 107 Å². The zero-order valence-corrected chi connectivity index (χ0v) is 20.3. The summed E-state index contributed by atoms with van der Waals surface area (Å²) in [7, 11) is 0. The predicted octanol–water partition coefficient (Wildman–Crippen LogP) is 7.94. The van der Waals surface area contributed by atoms with Crippen LogP contribution in [-0.4, -0.2) is 103 Å². The highest BCUT2D eigenvalue weighted by Gasteiger charge is 2.22. The van der Waals surface area contributed by atoms with Crippen LogP contribution < -0.4 is 0 Å². The van der Waals surface area contributed by atoms with Crippen LogP contribution in [0.3, 0.4) is 0 Å². The Kier molecular flexibility index (Phi) is 59.6. The molecule has 0 saturated carbocycles. The van der Waals surface area contributed by atoms with Crippen LogP contribution in [0.25, 0.3) is 0 Å². The van der Waals surface area contributed by atoms with Gasteiger partial charge in [0, 0.05) is 19.8 Å². The summed E-state index contributed by atoms with van der Waals surface area (Å²) in [5, 5.41) is 0. The van der Waals surface area contributed by atoms with Gasteiger partial charge in [-0.2, -0.15) is 0 Å². The fourth-order valence-corrected chi connectivity index (χ4v) is 1.85. The van der Waals surface area contributed by atoms with Gasteiger partial charge in [-0.05, 0) is 33.6 Å². The molecule has 5 rings (SSSR count). The molecule has 5 fully saturated rings. The van der Waals surface area contributed by atoms with Crippen molar-refractivity contribution in [3.05, 3.63) is 0 Å². The molecule has 5 aliphatic heterocycles. The lowest BCUT2D eigenvalue weighted by Gasteiger charge is -1.91. The molecule has 5 atom stereocenters. The molecule has 5 heterocycles. The molecule has 0 aromatic carbocycles. The SMILES string of the molecule is C.C.C.C.C.C.C.C.CCC1CO1.CCC1CO1.CCOCC1CO1.CCOCC1CO1.CCOCC1CO1. The van der Waals surface area contributed by atoms with E-state index in [1.165, 1.54) is 12.8 Å². The second-order valence-electron chi connectivity index (χ2n) is 7.57. The van der Waals surface area contributed by atoms with Gasteiger partial charge in [-0.3, -0.25) is 0 Å². The van der Waals surface area contributed by atoms with E-state index in [9.17, 15) is 0 Å². The van der Waals surface area contributed by atoms with Crippen molar-refractivity contribution in [1.29, 1.82) is 0 Å². The fourth-order valence-electron chi connectivity index (χ4n) is 1.85. The average Bonchev–Trinajstić information content (AvgIpc) is 3.59. The molecule has 5 unspecified atom stereocenters. The highest BCUT2D eigenvalue weighted by atomic mass is 16.6. The van der Waals surface area contributed by atoms with E-state index >= 15 is 0 Å². The Morgan fingerprint density at radius 1 is 0.385 bits per heavy atom. The minimum atomic E-state index is 0. The molecule has 0 aromatic rings. The maximum absolute atomic E-state index is 5.03. The van der Waals surface area contributed by atoms with E-state index in [4.69, 9.17) is 37.9 Å². The normalized spacial score (nSPS) is 23.8. The maximum Gasteiger partial charge on any atom is 0.104 e. The third-order valence-electron chi connectivity index (χ3n) is 4.45. The van der Waals surface area contributed by atoms with Crippen LogP contribution in [0, 0.1) is 0 Å². The lowest BCUT2D eigenvalue weighted by Crippen LogP contribution is -1.99. The smallest absolute Gasteiger partial charge is 0.104 e. The average molecular weight is 579 g/mol. The Morgan fingerprint density at radius 3 is 0.641 bits per heavy atom. The second kappa shape index (κ2) is 39.8. The lowest BCUT2D eigenvalue weighted by molar-refractivity contribution is 0.128. The van der Waals surface area contributed by atoms with Crippen molar-refractivity contribution in [1.82, 2.24) is 0 Å². The molecule has 0 aliphatic carbocycles. The Bertz CT molecular complexity index is 331. The Morgan fingerprint density at radius 2 is 0.564 bits per heavy atom. The van der Waals surface area contributed by atoms with E-state index in [1.807, 2.05) is 20.8 Å². The van der Waals surface area contributed by atoms with E-state index in [2.05, 4.69) is 13.8 Å². The minimum absolute atomic E-state index is 0. The van der Waals surface area contributed by atoms with Crippen molar-refractivity contribution < 1.29 is 37.9 Å². The van der Waals surface area contributed by atoms with Gasteiger partial charge in [-0.15, -0.1) is 0 Å². The standard InChI is InChI=1S/3C5H10O2.2C4H8O.8CH4/c3*1-2-6-3-5-4-7-5;2*1-2-4-3-5-4;;;;;;;;/h3*5H,2-4H2,1H3;2*4H,2-3H2,1H3;8*1H4. The molecule has 8 heteroatoms. The van der Waals surface area contributed by atoms with Gasteiger partial charge in [0.25, 0.3) is 0 Å². The zero-order chi connectivity index (χ0) is 22.7. The number of hydrogen-bond acceptors (Lipinski definition) is 8. The summed E-state index contributed by atoms with van der Waals surface area (Å²) >= 11 is 0. The van der Waals surface area contributed by atoms with Crippen LogP contribution in [0.5, 0.6) is 0 Å². The molecule has 0 aromatic heterocycles. The lowest BCUT2D eigenvalue weighted by atomic mass is 10.4. The van der Waals surface area contributed by atoms with Gasteiger partial charge in [0.05, 0.1) is 65.1 Å². The van der Waals surface area contributed by atoms with Gasteiger partial charge in [0.1, 0.15) is 18.3 Å². The monoisotopic (exact) mass is 579 g/mol. The molecule has 0 spiro atoms. The molecule has 250 valence electrons. The van der Waals surface area contributed by atoms with E-state index in [0.29, 0.717) is 30.5 Å². The molecule has 5 saturated heterocycles. The summed E-state index contributed by atoms with van der Waals surface area (Å²) in [6.07, 6.45) is 4.95. The van der Waals surface area contributed by atoms with Gasteiger partial charge in [0.2, 0.25) is 0 Å². The van der Waals surface area contributed by atoms with Crippen LogP contribution in [0.4, 0.5) is 0 Å². The van der Waals surface area contributed by atoms with Crippen LogP contribution in [0.2, 0.25) is 0 Å². The molecule has 39 heavy (non-hydrogen) atoms.